The third-order valence-corrected chi connectivity index (χ3v) is 4.76. The molecule has 0 spiro atoms. The molecule has 0 saturated carbocycles. The van der Waals surface area contributed by atoms with Crippen LogP contribution in [0.3, 0.4) is 0 Å². The van der Waals surface area contributed by atoms with Crippen LogP contribution >= 0.6 is 0 Å². The number of unbranched alkanes of at least 4 members (excludes halogenated alkanes) is 13. The monoisotopic (exact) mass is 426 g/mol. The van der Waals surface area contributed by atoms with Gasteiger partial charge in [0.25, 0.3) is 0 Å². The van der Waals surface area contributed by atoms with Gasteiger partial charge in [0.15, 0.2) is 0 Å². The van der Waals surface area contributed by atoms with Gasteiger partial charge in [-0.3, -0.25) is 4.18 Å². The number of aliphatic hydroxyl groups excluding tert-OH is 2. The molecule has 172 valence electrons. The summed E-state index contributed by atoms with van der Waals surface area (Å²) in [6, 6.07) is 0. The highest BCUT2D eigenvalue weighted by Gasteiger charge is 1.96. The van der Waals surface area contributed by atoms with Crippen LogP contribution in [0.2, 0.25) is 0 Å². The van der Waals surface area contributed by atoms with Gasteiger partial charge in [-0.25, -0.2) is 8.42 Å². The smallest absolute Gasteiger partial charge is 0.217 e. The van der Waals surface area contributed by atoms with Crippen molar-refractivity contribution in [2.24, 2.45) is 0 Å². The van der Waals surface area contributed by atoms with Crippen LogP contribution in [0.1, 0.15) is 96.8 Å². The quantitative estimate of drug-likeness (QED) is 0.155. The fraction of sp³-hybridized carbons (Fsp3) is 1.00. The van der Waals surface area contributed by atoms with Crippen LogP contribution in [-0.4, -0.2) is 56.1 Å². The Balaban J connectivity index is 0. The van der Waals surface area contributed by atoms with Crippen molar-refractivity contribution < 1.29 is 27.4 Å². The number of aliphatic hydroxyl groups is 2. The van der Waals surface area contributed by atoms with Crippen LogP contribution in [-0.2, 0) is 14.6 Å². The Labute approximate surface area is 173 Å². The Morgan fingerprint density at radius 2 is 1.07 bits per heavy atom. The summed E-state index contributed by atoms with van der Waals surface area (Å²) in [4.78, 5) is 0. The lowest BCUT2D eigenvalue weighted by Gasteiger charge is -2.07. The molecule has 0 bridgehead atoms. The average Bonchev–Trinajstić information content (AvgIpc) is 2.65. The van der Waals surface area contributed by atoms with Crippen LogP contribution < -0.4 is 5.32 Å². The number of hydrogen-bond donors (Lipinski definition) is 3. The maximum absolute atomic E-state index is 10.2. The van der Waals surface area contributed by atoms with Crippen molar-refractivity contribution in [3.8, 4) is 0 Å². The van der Waals surface area contributed by atoms with E-state index >= 15 is 0 Å². The Morgan fingerprint density at radius 1 is 0.714 bits per heavy atom. The van der Waals surface area contributed by atoms with Gasteiger partial charge in [-0.1, -0.05) is 90.4 Å². The summed E-state index contributed by atoms with van der Waals surface area (Å²) in [7, 11) is -4.49. The molecule has 0 aliphatic heterocycles. The lowest BCUT2D eigenvalue weighted by atomic mass is 10.0. The Kier molecular flexibility index (Phi) is 26.5. The fourth-order valence-electron chi connectivity index (χ4n) is 2.74. The van der Waals surface area contributed by atoms with Crippen LogP contribution in [0.15, 0.2) is 0 Å². The normalized spacial score (nSPS) is 11.3. The van der Waals surface area contributed by atoms with Gasteiger partial charge in [0, 0.05) is 13.1 Å². The van der Waals surface area contributed by atoms with E-state index in [9.17, 15) is 13.0 Å². The van der Waals surface area contributed by atoms with Gasteiger partial charge in [-0.05, 0) is 6.42 Å². The van der Waals surface area contributed by atoms with E-state index in [2.05, 4.69) is 16.4 Å². The summed E-state index contributed by atoms with van der Waals surface area (Å²) >= 11 is 0. The predicted octanol–water partition coefficient (Wildman–Crippen LogP) is 3.51. The van der Waals surface area contributed by atoms with Crippen molar-refractivity contribution in [2.45, 2.75) is 96.8 Å². The third-order valence-electron chi connectivity index (χ3n) is 4.30. The van der Waals surface area contributed by atoms with Crippen molar-refractivity contribution >= 4 is 10.4 Å². The zero-order valence-electron chi connectivity index (χ0n) is 17.9. The lowest BCUT2D eigenvalue weighted by Crippen LogP contribution is -2.21. The first kappa shape index (κ1) is 29.9. The van der Waals surface area contributed by atoms with E-state index in [-0.39, 0.29) is 19.8 Å². The molecule has 0 aliphatic rings. The molecule has 0 aromatic heterocycles. The molecule has 7 nitrogen and oxygen atoms in total. The van der Waals surface area contributed by atoms with Crippen LogP contribution in [0.25, 0.3) is 0 Å². The van der Waals surface area contributed by atoms with E-state index in [1.807, 2.05) is 0 Å². The van der Waals surface area contributed by atoms with Crippen LogP contribution in [0.4, 0.5) is 0 Å². The first-order valence-electron chi connectivity index (χ1n) is 11.0. The minimum Gasteiger partial charge on any atom is -0.726 e. The van der Waals surface area contributed by atoms with Gasteiger partial charge in [0.2, 0.25) is 10.4 Å². The second kappa shape index (κ2) is 24.8. The summed E-state index contributed by atoms with van der Waals surface area (Å²) < 4.78 is 34.7. The van der Waals surface area contributed by atoms with E-state index < -0.39 is 10.4 Å². The molecule has 0 heterocycles. The molecule has 8 heteroatoms. The Morgan fingerprint density at radius 3 is 1.39 bits per heavy atom. The highest BCUT2D eigenvalue weighted by molar-refractivity contribution is 7.80. The van der Waals surface area contributed by atoms with E-state index in [0.717, 1.165) is 12.8 Å². The fourth-order valence-corrected chi connectivity index (χ4v) is 3.06. The van der Waals surface area contributed by atoms with Crippen LogP contribution in [0, 0.1) is 0 Å². The van der Waals surface area contributed by atoms with Gasteiger partial charge < -0.3 is 20.1 Å². The summed E-state index contributed by atoms with van der Waals surface area (Å²) in [6.07, 6.45) is 17.4. The molecule has 0 radical (unpaired) electrons. The maximum Gasteiger partial charge on any atom is 0.217 e. The average molecular weight is 427 g/mol. The van der Waals surface area contributed by atoms with Gasteiger partial charge in [-0.2, -0.15) is 0 Å². The zero-order valence-corrected chi connectivity index (χ0v) is 18.7. The first-order chi connectivity index (χ1) is 13.5. The van der Waals surface area contributed by atoms with E-state index in [1.54, 1.807) is 0 Å². The number of hydrogen-bond acceptors (Lipinski definition) is 7. The Hall–Kier alpha value is -0.250. The van der Waals surface area contributed by atoms with E-state index in [4.69, 9.17) is 10.2 Å². The van der Waals surface area contributed by atoms with Gasteiger partial charge in [0.1, 0.15) is 0 Å². The molecule has 0 aromatic rings. The number of rotatable bonds is 20. The first-order valence-corrected chi connectivity index (χ1v) is 12.3. The third kappa shape index (κ3) is 33.3. The number of nitrogens with one attached hydrogen (secondary N) is 1. The predicted molar refractivity (Wildman–Crippen MR) is 113 cm³/mol. The minimum absolute atomic E-state index is 0.0316. The Bertz CT molecular complexity index is 375. The van der Waals surface area contributed by atoms with Gasteiger partial charge in [0.05, 0.1) is 19.8 Å². The summed E-state index contributed by atoms with van der Waals surface area (Å²) in [5, 5.41) is 19.1. The van der Waals surface area contributed by atoms with E-state index in [0.29, 0.717) is 19.5 Å². The zero-order chi connectivity index (χ0) is 21.3. The molecule has 0 rings (SSSR count). The molecular formula is C20H44NO6S-. The largest absolute Gasteiger partial charge is 0.726 e. The topological polar surface area (TPSA) is 119 Å². The van der Waals surface area contributed by atoms with Crippen molar-refractivity contribution in [2.75, 3.05) is 32.9 Å². The van der Waals surface area contributed by atoms with Gasteiger partial charge in [-0.15, -0.1) is 0 Å². The van der Waals surface area contributed by atoms with Gasteiger partial charge >= 0.3 is 0 Å². The van der Waals surface area contributed by atoms with Crippen molar-refractivity contribution in [1.29, 1.82) is 0 Å². The highest BCUT2D eigenvalue weighted by atomic mass is 32.3. The molecule has 0 saturated heterocycles. The second-order valence-electron chi connectivity index (χ2n) is 7.02. The molecule has 0 aromatic carbocycles. The maximum atomic E-state index is 10.2. The summed E-state index contributed by atoms with van der Waals surface area (Å²) in [5.41, 5.74) is 0. The SMILES string of the molecule is CCCCCCCCCCCCCCCCOS(=O)(=O)[O-].OCCNCCO. The lowest BCUT2D eigenvalue weighted by molar-refractivity contribution is 0.255. The standard InChI is InChI=1S/C16H34O4S.C4H11NO2/c1-2-3-4-5-6-7-8-9-10-11-12-13-14-15-16-20-21(17,18)19;6-3-1-5-2-4-7/h2-16H2,1H3,(H,17,18,19);5-7H,1-4H2/p-1. The highest BCUT2D eigenvalue weighted by Crippen LogP contribution is 2.12. The molecule has 0 fully saturated rings. The minimum atomic E-state index is -4.49. The molecule has 0 unspecified atom stereocenters. The van der Waals surface area contributed by atoms with Crippen LogP contribution in [0.5, 0.6) is 0 Å². The second-order valence-corrected chi connectivity index (χ2v) is 8.08. The van der Waals surface area contributed by atoms with Crippen molar-refractivity contribution in [3.63, 3.8) is 0 Å². The molecule has 0 atom stereocenters. The van der Waals surface area contributed by atoms with Crippen molar-refractivity contribution in [1.82, 2.24) is 5.32 Å². The molecule has 0 amide bonds. The summed E-state index contributed by atoms with van der Waals surface area (Å²) in [5.74, 6) is 0. The molecule has 0 aliphatic carbocycles. The molecular weight excluding hydrogens is 382 g/mol. The van der Waals surface area contributed by atoms with E-state index in [1.165, 1.54) is 70.6 Å². The molecule has 3 N–H and O–H groups in total. The van der Waals surface area contributed by atoms with Crippen molar-refractivity contribution in [3.05, 3.63) is 0 Å². The molecule has 28 heavy (non-hydrogen) atoms. The summed E-state index contributed by atoms with van der Waals surface area (Å²) in [6.45, 7) is 3.70.